The first kappa shape index (κ1) is 15.3. The van der Waals surface area contributed by atoms with E-state index in [4.69, 9.17) is 0 Å². The fourth-order valence-electron chi connectivity index (χ4n) is 3.01. The Balaban J connectivity index is 1.61. The number of fused-ring (bicyclic) bond motifs is 2. The van der Waals surface area contributed by atoms with E-state index in [0.29, 0.717) is 12.1 Å². The summed E-state index contributed by atoms with van der Waals surface area (Å²) in [5, 5.41) is 4.94. The molecule has 0 saturated carbocycles. The third-order valence-corrected chi connectivity index (χ3v) is 4.28. The Morgan fingerprint density at radius 3 is 2.60 bits per heavy atom. The van der Waals surface area contributed by atoms with Crippen molar-refractivity contribution < 1.29 is 4.79 Å². The smallest absolute Gasteiger partial charge is 0.252 e. The standard InChI is InChI=1S/C21H17N3O/c1-14-12-22-19-9-5-3-7-17(19)20(14)21(25)23-13-16-11-10-15-6-2-4-8-18(15)24-16/h2-12H,13H2,1H3,(H,23,25). The quantitative estimate of drug-likeness (QED) is 0.618. The summed E-state index contributed by atoms with van der Waals surface area (Å²) in [4.78, 5) is 21.7. The van der Waals surface area contributed by atoms with E-state index in [2.05, 4.69) is 15.3 Å². The number of hydrogen-bond acceptors (Lipinski definition) is 3. The molecule has 2 aromatic carbocycles. The van der Waals surface area contributed by atoms with Crippen molar-refractivity contribution in [3.8, 4) is 0 Å². The average Bonchev–Trinajstić information content (AvgIpc) is 2.66. The van der Waals surface area contributed by atoms with Crippen molar-refractivity contribution in [2.24, 2.45) is 0 Å². The van der Waals surface area contributed by atoms with E-state index >= 15 is 0 Å². The molecule has 0 atom stereocenters. The van der Waals surface area contributed by atoms with Crippen molar-refractivity contribution in [1.82, 2.24) is 15.3 Å². The van der Waals surface area contributed by atoms with E-state index in [1.54, 1.807) is 6.20 Å². The second-order valence-corrected chi connectivity index (χ2v) is 6.01. The Labute approximate surface area is 145 Å². The highest BCUT2D eigenvalue weighted by atomic mass is 16.1. The maximum absolute atomic E-state index is 12.7. The maximum Gasteiger partial charge on any atom is 0.252 e. The molecule has 0 saturated heterocycles. The molecular formula is C21H17N3O. The highest BCUT2D eigenvalue weighted by Gasteiger charge is 2.14. The molecular weight excluding hydrogens is 310 g/mol. The van der Waals surface area contributed by atoms with Gasteiger partial charge in [-0.25, -0.2) is 0 Å². The van der Waals surface area contributed by atoms with Crippen molar-refractivity contribution >= 4 is 27.7 Å². The van der Waals surface area contributed by atoms with Crippen LogP contribution in [0.1, 0.15) is 21.6 Å². The summed E-state index contributed by atoms with van der Waals surface area (Å²) in [6.07, 6.45) is 1.74. The number of aryl methyl sites for hydroxylation is 1. The van der Waals surface area contributed by atoms with Crippen molar-refractivity contribution in [3.05, 3.63) is 83.7 Å². The summed E-state index contributed by atoms with van der Waals surface area (Å²) in [7, 11) is 0. The topological polar surface area (TPSA) is 54.9 Å². The van der Waals surface area contributed by atoms with E-state index in [-0.39, 0.29) is 5.91 Å². The monoisotopic (exact) mass is 327 g/mol. The Morgan fingerprint density at radius 2 is 1.72 bits per heavy atom. The fraction of sp³-hybridized carbons (Fsp3) is 0.0952. The van der Waals surface area contributed by atoms with Crippen LogP contribution in [-0.2, 0) is 6.54 Å². The van der Waals surface area contributed by atoms with Gasteiger partial charge in [0.1, 0.15) is 0 Å². The van der Waals surface area contributed by atoms with E-state index in [1.807, 2.05) is 67.6 Å². The number of pyridine rings is 2. The molecule has 0 spiro atoms. The molecule has 4 nitrogen and oxygen atoms in total. The number of nitrogens with one attached hydrogen (secondary N) is 1. The molecule has 4 aromatic rings. The second-order valence-electron chi connectivity index (χ2n) is 6.01. The van der Waals surface area contributed by atoms with Crippen LogP contribution in [0.25, 0.3) is 21.8 Å². The van der Waals surface area contributed by atoms with Crippen LogP contribution in [0.5, 0.6) is 0 Å². The molecule has 25 heavy (non-hydrogen) atoms. The Morgan fingerprint density at radius 1 is 0.960 bits per heavy atom. The summed E-state index contributed by atoms with van der Waals surface area (Å²) >= 11 is 0. The molecule has 0 aliphatic heterocycles. The summed E-state index contributed by atoms with van der Waals surface area (Å²) in [6.45, 7) is 2.29. The van der Waals surface area contributed by atoms with Gasteiger partial charge in [0.25, 0.3) is 5.91 Å². The summed E-state index contributed by atoms with van der Waals surface area (Å²) in [5.74, 6) is -0.106. The predicted octanol–water partition coefficient (Wildman–Crippen LogP) is 4.02. The number of carbonyl (C=O) groups excluding carboxylic acids is 1. The average molecular weight is 327 g/mol. The predicted molar refractivity (Wildman–Crippen MR) is 99.4 cm³/mol. The van der Waals surface area contributed by atoms with Gasteiger partial charge >= 0.3 is 0 Å². The van der Waals surface area contributed by atoms with Crippen LogP contribution in [0.4, 0.5) is 0 Å². The third-order valence-electron chi connectivity index (χ3n) is 4.28. The van der Waals surface area contributed by atoms with Crippen LogP contribution in [0.15, 0.2) is 66.9 Å². The van der Waals surface area contributed by atoms with Crippen LogP contribution in [-0.4, -0.2) is 15.9 Å². The number of carbonyl (C=O) groups is 1. The summed E-state index contributed by atoms with van der Waals surface area (Å²) in [5.41, 5.74) is 4.12. The van der Waals surface area contributed by atoms with E-state index in [1.165, 1.54) is 0 Å². The molecule has 4 rings (SSSR count). The van der Waals surface area contributed by atoms with Crippen molar-refractivity contribution in [3.63, 3.8) is 0 Å². The molecule has 2 aromatic heterocycles. The number of para-hydroxylation sites is 2. The Bertz CT molecular complexity index is 1090. The van der Waals surface area contributed by atoms with Crippen LogP contribution < -0.4 is 5.32 Å². The number of rotatable bonds is 3. The molecule has 4 heteroatoms. The minimum Gasteiger partial charge on any atom is -0.346 e. The van der Waals surface area contributed by atoms with Crippen molar-refractivity contribution in [1.29, 1.82) is 0 Å². The van der Waals surface area contributed by atoms with Gasteiger partial charge in [-0.15, -0.1) is 0 Å². The van der Waals surface area contributed by atoms with Gasteiger partial charge in [-0.05, 0) is 30.7 Å². The van der Waals surface area contributed by atoms with E-state index in [9.17, 15) is 4.79 Å². The molecule has 0 unspecified atom stereocenters. The van der Waals surface area contributed by atoms with Crippen LogP contribution in [0, 0.1) is 6.92 Å². The van der Waals surface area contributed by atoms with Gasteiger partial charge in [0.05, 0.1) is 28.8 Å². The minimum atomic E-state index is -0.106. The number of amides is 1. The molecule has 1 amide bonds. The van der Waals surface area contributed by atoms with Gasteiger partial charge in [-0.3, -0.25) is 14.8 Å². The summed E-state index contributed by atoms with van der Waals surface area (Å²) in [6, 6.07) is 19.6. The van der Waals surface area contributed by atoms with Crippen molar-refractivity contribution in [2.45, 2.75) is 13.5 Å². The molecule has 0 bridgehead atoms. The zero-order valence-corrected chi connectivity index (χ0v) is 13.9. The minimum absolute atomic E-state index is 0.106. The molecule has 122 valence electrons. The molecule has 0 radical (unpaired) electrons. The second kappa shape index (κ2) is 6.32. The number of hydrogen-bond donors (Lipinski definition) is 1. The highest BCUT2D eigenvalue weighted by molar-refractivity contribution is 6.07. The van der Waals surface area contributed by atoms with E-state index in [0.717, 1.165) is 33.1 Å². The lowest BCUT2D eigenvalue weighted by molar-refractivity contribution is 0.0951. The molecule has 0 fully saturated rings. The number of benzene rings is 2. The first-order chi connectivity index (χ1) is 12.2. The fourth-order valence-corrected chi connectivity index (χ4v) is 3.01. The highest BCUT2D eigenvalue weighted by Crippen LogP contribution is 2.20. The number of aromatic nitrogens is 2. The van der Waals surface area contributed by atoms with Crippen LogP contribution in [0.2, 0.25) is 0 Å². The lowest BCUT2D eigenvalue weighted by Gasteiger charge is -2.10. The zero-order valence-electron chi connectivity index (χ0n) is 13.9. The lowest BCUT2D eigenvalue weighted by atomic mass is 10.0. The van der Waals surface area contributed by atoms with Gasteiger partial charge in [-0.2, -0.15) is 0 Å². The van der Waals surface area contributed by atoms with Gasteiger partial charge in [0.2, 0.25) is 0 Å². The SMILES string of the molecule is Cc1cnc2ccccc2c1C(=O)NCc1ccc2ccccc2n1. The Kier molecular flexibility index (Phi) is 3.86. The molecule has 0 aliphatic rings. The third kappa shape index (κ3) is 2.94. The largest absolute Gasteiger partial charge is 0.346 e. The number of nitrogens with zero attached hydrogens (tertiary/aromatic N) is 2. The molecule has 0 aliphatic carbocycles. The normalized spacial score (nSPS) is 10.9. The van der Waals surface area contributed by atoms with Crippen LogP contribution in [0.3, 0.4) is 0 Å². The van der Waals surface area contributed by atoms with Gasteiger partial charge < -0.3 is 5.32 Å². The molecule has 1 N–H and O–H groups in total. The first-order valence-corrected chi connectivity index (χ1v) is 8.19. The zero-order chi connectivity index (χ0) is 17.2. The maximum atomic E-state index is 12.7. The van der Waals surface area contributed by atoms with Gasteiger partial charge in [-0.1, -0.05) is 42.5 Å². The van der Waals surface area contributed by atoms with E-state index < -0.39 is 0 Å². The Hall–Kier alpha value is -3.27. The van der Waals surface area contributed by atoms with Gasteiger partial charge in [0.15, 0.2) is 0 Å². The molecule has 2 heterocycles. The van der Waals surface area contributed by atoms with Crippen LogP contribution >= 0.6 is 0 Å². The lowest BCUT2D eigenvalue weighted by Crippen LogP contribution is -2.24. The summed E-state index contributed by atoms with van der Waals surface area (Å²) < 4.78 is 0. The first-order valence-electron chi connectivity index (χ1n) is 8.19. The van der Waals surface area contributed by atoms with Crippen molar-refractivity contribution in [2.75, 3.05) is 0 Å². The van der Waals surface area contributed by atoms with Gasteiger partial charge in [0, 0.05) is 17.0 Å².